The van der Waals surface area contributed by atoms with Crippen LogP contribution < -0.4 is 0 Å². The summed E-state index contributed by atoms with van der Waals surface area (Å²) in [5, 5.41) is 19.2. The van der Waals surface area contributed by atoms with Gasteiger partial charge in [-0.05, 0) is 43.8 Å². The zero-order valence-corrected chi connectivity index (χ0v) is 13.5. The van der Waals surface area contributed by atoms with Crippen molar-refractivity contribution in [1.29, 1.82) is 0 Å². The number of nitro groups is 1. The molecule has 0 bridgehead atoms. The van der Waals surface area contributed by atoms with Gasteiger partial charge >= 0.3 is 0 Å². The van der Waals surface area contributed by atoms with Gasteiger partial charge in [0.25, 0.3) is 16.8 Å². The molecular formula is C15H11N3O5S. The van der Waals surface area contributed by atoms with Crippen LogP contribution in [0.4, 0.5) is 5.69 Å². The quantitative estimate of drug-likeness (QED) is 0.389. The molecule has 0 spiro atoms. The number of rotatable bonds is 5. The van der Waals surface area contributed by atoms with E-state index in [1.165, 1.54) is 31.4 Å². The first-order valence-corrected chi connectivity index (χ1v) is 7.62. The van der Waals surface area contributed by atoms with E-state index in [0.717, 1.165) is 11.8 Å². The van der Waals surface area contributed by atoms with Gasteiger partial charge in [-0.15, -0.1) is 10.2 Å². The Labute approximate surface area is 140 Å². The van der Waals surface area contributed by atoms with Crippen LogP contribution in [-0.4, -0.2) is 20.9 Å². The molecule has 2 aromatic heterocycles. The molecule has 0 unspecified atom stereocenters. The first kappa shape index (κ1) is 15.9. The molecule has 0 N–H and O–H groups in total. The molecule has 0 saturated carbocycles. The Morgan fingerprint density at radius 1 is 1.29 bits per heavy atom. The Kier molecular flexibility index (Phi) is 4.17. The fourth-order valence-corrected chi connectivity index (χ4v) is 2.79. The van der Waals surface area contributed by atoms with Crippen molar-refractivity contribution < 1.29 is 18.6 Å². The second-order valence-corrected chi connectivity index (χ2v) is 5.85. The summed E-state index contributed by atoms with van der Waals surface area (Å²) in [5.74, 6) is 0.656. The van der Waals surface area contributed by atoms with Crippen molar-refractivity contribution in [2.24, 2.45) is 0 Å². The van der Waals surface area contributed by atoms with Gasteiger partial charge in [-0.3, -0.25) is 14.9 Å². The predicted molar refractivity (Wildman–Crippen MR) is 84.0 cm³/mol. The molecule has 0 atom stereocenters. The number of carbonyl (C=O) groups is 1. The molecule has 8 nitrogen and oxygen atoms in total. The van der Waals surface area contributed by atoms with Crippen LogP contribution in [0.15, 0.2) is 49.5 Å². The summed E-state index contributed by atoms with van der Waals surface area (Å²) in [6.07, 6.45) is 1.51. The molecule has 2 heterocycles. The molecule has 0 aliphatic heterocycles. The van der Waals surface area contributed by atoms with E-state index in [1.807, 2.05) is 0 Å². The molecule has 0 aliphatic carbocycles. The topological polar surface area (TPSA) is 112 Å². The maximum atomic E-state index is 11.4. The molecule has 122 valence electrons. The van der Waals surface area contributed by atoms with Crippen LogP contribution in [0.3, 0.4) is 0 Å². The monoisotopic (exact) mass is 345 g/mol. The lowest BCUT2D eigenvalue weighted by molar-refractivity contribution is -0.387. The fraction of sp³-hybridized carbons (Fsp3) is 0.133. The molecule has 0 fully saturated rings. The Hall–Kier alpha value is -2.94. The van der Waals surface area contributed by atoms with E-state index in [2.05, 4.69) is 10.2 Å². The highest BCUT2D eigenvalue weighted by Crippen LogP contribution is 2.36. The number of furan rings is 1. The lowest BCUT2D eigenvalue weighted by Crippen LogP contribution is -1.97. The van der Waals surface area contributed by atoms with E-state index >= 15 is 0 Å². The number of Topliss-reactive ketones (excluding diaryl/α,β-unsaturated/α-hetero) is 1. The van der Waals surface area contributed by atoms with Crippen LogP contribution >= 0.6 is 11.8 Å². The second kappa shape index (κ2) is 6.28. The average Bonchev–Trinajstić information content (AvgIpc) is 3.15. The van der Waals surface area contributed by atoms with Crippen LogP contribution in [-0.2, 0) is 0 Å². The molecule has 3 aromatic rings. The van der Waals surface area contributed by atoms with Crippen molar-refractivity contribution in [1.82, 2.24) is 10.2 Å². The van der Waals surface area contributed by atoms with Crippen LogP contribution in [0.5, 0.6) is 0 Å². The fourth-order valence-electron chi connectivity index (χ4n) is 2.03. The van der Waals surface area contributed by atoms with Gasteiger partial charge in [0.15, 0.2) is 5.78 Å². The van der Waals surface area contributed by atoms with E-state index in [0.29, 0.717) is 16.2 Å². The number of ketones is 1. The molecule has 0 radical (unpaired) electrons. The average molecular weight is 345 g/mol. The standard InChI is InChI=1S/C15H11N3O5S/c1-8(19)10-3-4-13(12(7-10)18(20)21)24-15-17-16-14(23-15)11-5-6-22-9(11)2/h3-7H,1-2H3. The molecule has 0 amide bonds. The van der Waals surface area contributed by atoms with Crippen molar-refractivity contribution in [3.8, 4) is 11.5 Å². The van der Waals surface area contributed by atoms with E-state index in [4.69, 9.17) is 8.83 Å². The summed E-state index contributed by atoms with van der Waals surface area (Å²) in [4.78, 5) is 22.4. The van der Waals surface area contributed by atoms with E-state index in [1.54, 1.807) is 13.0 Å². The molecular weight excluding hydrogens is 334 g/mol. The highest BCUT2D eigenvalue weighted by atomic mass is 32.2. The largest absolute Gasteiger partial charge is 0.469 e. The summed E-state index contributed by atoms with van der Waals surface area (Å²) < 4.78 is 10.7. The van der Waals surface area contributed by atoms with Gasteiger partial charge < -0.3 is 8.83 Å². The van der Waals surface area contributed by atoms with Crippen molar-refractivity contribution in [2.45, 2.75) is 24.0 Å². The van der Waals surface area contributed by atoms with Gasteiger partial charge in [0, 0.05) is 11.6 Å². The lowest BCUT2D eigenvalue weighted by atomic mass is 10.1. The molecule has 1 aromatic carbocycles. The summed E-state index contributed by atoms with van der Waals surface area (Å²) in [5.41, 5.74) is 0.744. The van der Waals surface area contributed by atoms with Crippen LogP contribution in [0.2, 0.25) is 0 Å². The maximum Gasteiger partial charge on any atom is 0.284 e. The van der Waals surface area contributed by atoms with Gasteiger partial charge in [-0.2, -0.15) is 0 Å². The van der Waals surface area contributed by atoms with E-state index in [-0.39, 0.29) is 28.1 Å². The highest BCUT2D eigenvalue weighted by molar-refractivity contribution is 7.99. The summed E-state index contributed by atoms with van der Waals surface area (Å²) >= 11 is 0.963. The first-order valence-electron chi connectivity index (χ1n) is 6.81. The number of benzene rings is 1. The zero-order chi connectivity index (χ0) is 17.3. The number of nitrogens with zero attached hydrogens (tertiary/aromatic N) is 3. The van der Waals surface area contributed by atoms with Crippen molar-refractivity contribution in [3.63, 3.8) is 0 Å². The van der Waals surface area contributed by atoms with Crippen LogP contribution in [0.25, 0.3) is 11.5 Å². The van der Waals surface area contributed by atoms with Gasteiger partial charge in [0.05, 0.1) is 21.6 Å². The molecule has 0 aliphatic rings. The van der Waals surface area contributed by atoms with E-state index in [9.17, 15) is 14.9 Å². The maximum absolute atomic E-state index is 11.4. The third-order valence-corrected chi connectivity index (χ3v) is 4.16. The highest BCUT2D eigenvalue weighted by Gasteiger charge is 2.20. The number of aryl methyl sites for hydroxylation is 1. The number of nitro benzene ring substituents is 1. The van der Waals surface area contributed by atoms with Crippen molar-refractivity contribution in [2.75, 3.05) is 0 Å². The van der Waals surface area contributed by atoms with Crippen molar-refractivity contribution in [3.05, 3.63) is 52.0 Å². The molecule has 3 rings (SSSR count). The number of hydrogen-bond acceptors (Lipinski definition) is 8. The SMILES string of the molecule is CC(=O)c1ccc(Sc2nnc(-c3ccoc3C)o2)c([N+](=O)[O-])c1. The first-order chi connectivity index (χ1) is 11.5. The van der Waals surface area contributed by atoms with Gasteiger partial charge in [-0.1, -0.05) is 0 Å². The number of carbonyl (C=O) groups excluding carboxylic acids is 1. The number of aromatic nitrogens is 2. The zero-order valence-electron chi connectivity index (χ0n) is 12.7. The third kappa shape index (κ3) is 3.06. The molecule has 9 heteroatoms. The third-order valence-electron chi connectivity index (χ3n) is 3.26. The predicted octanol–water partition coefficient (Wildman–Crippen LogP) is 3.90. The summed E-state index contributed by atoms with van der Waals surface area (Å²) in [7, 11) is 0. The lowest BCUT2D eigenvalue weighted by Gasteiger charge is -2.01. The second-order valence-electron chi connectivity index (χ2n) is 4.86. The summed E-state index contributed by atoms with van der Waals surface area (Å²) in [6, 6.07) is 5.95. The Morgan fingerprint density at radius 2 is 2.08 bits per heavy atom. The van der Waals surface area contributed by atoms with Crippen LogP contribution in [0, 0.1) is 17.0 Å². The van der Waals surface area contributed by atoms with Crippen LogP contribution in [0.1, 0.15) is 23.0 Å². The molecule has 0 saturated heterocycles. The van der Waals surface area contributed by atoms with Crippen molar-refractivity contribution >= 4 is 23.2 Å². The molecule has 24 heavy (non-hydrogen) atoms. The minimum Gasteiger partial charge on any atom is -0.469 e. The smallest absolute Gasteiger partial charge is 0.284 e. The Bertz CT molecular complexity index is 931. The van der Waals surface area contributed by atoms with E-state index < -0.39 is 4.92 Å². The minimum atomic E-state index is -0.549. The number of hydrogen-bond donors (Lipinski definition) is 0. The summed E-state index contributed by atoms with van der Waals surface area (Å²) in [6.45, 7) is 3.11. The van der Waals surface area contributed by atoms with Gasteiger partial charge in [0.2, 0.25) is 0 Å². The minimum absolute atomic E-state index is 0.157. The Morgan fingerprint density at radius 3 is 2.71 bits per heavy atom. The van der Waals surface area contributed by atoms with Gasteiger partial charge in [-0.25, -0.2) is 0 Å². The normalized spacial score (nSPS) is 10.8. The van der Waals surface area contributed by atoms with Gasteiger partial charge in [0.1, 0.15) is 5.76 Å². The Balaban J connectivity index is 1.92.